The van der Waals surface area contributed by atoms with Crippen LogP contribution in [0, 0.1) is 11.3 Å². The predicted octanol–water partition coefficient (Wildman–Crippen LogP) is 1.53. The molecule has 0 atom stereocenters. The van der Waals surface area contributed by atoms with Gasteiger partial charge in [0.15, 0.2) is 0 Å². The molecule has 0 unspecified atom stereocenters. The van der Waals surface area contributed by atoms with Crippen LogP contribution in [0.5, 0.6) is 0 Å². The average molecular weight is 225 g/mol. The van der Waals surface area contributed by atoms with Crippen molar-refractivity contribution in [3.05, 3.63) is 0 Å². The summed E-state index contributed by atoms with van der Waals surface area (Å²) in [6, 6.07) is 2.28. The average Bonchev–Trinajstić information content (AvgIpc) is 2.16. The second-order valence-corrected chi connectivity index (χ2v) is 4.94. The highest BCUT2D eigenvalue weighted by Gasteiger charge is 2.20. The van der Waals surface area contributed by atoms with E-state index in [0.29, 0.717) is 0 Å². The SMILES string of the molecule is CCC(C)(C)NC(=O)CN(CC#N)C(C)C. The minimum absolute atomic E-state index is 0.0178. The maximum atomic E-state index is 11.7. The third kappa shape index (κ3) is 5.72. The van der Waals surface area contributed by atoms with Crippen molar-refractivity contribution in [3.63, 3.8) is 0 Å². The number of hydrogen-bond donors (Lipinski definition) is 1. The highest BCUT2D eigenvalue weighted by molar-refractivity contribution is 5.78. The van der Waals surface area contributed by atoms with Crippen LogP contribution in [-0.2, 0) is 4.79 Å². The number of hydrogen-bond acceptors (Lipinski definition) is 3. The summed E-state index contributed by atoms with van der Waals surface area (Å²) in [6.45, 7) is 10.6. The number of carbonyl (C=O) groups is 1. The van der Waals surface area contributed by atoms with Gasteiger partial charge in [0.2, 0.25) is 5.91 Å². The third-order valence-electron chi connectivity index (χ3n) is 2.71. The van der Waals surface area contributed by atoms with E-state index in [1.807, 2.05) is 39.5 Å². The van der Waals surface area contributed by atoms with Crippen LogP contribution in [-0.4, -0.2) is 35.5 Å². The summed E-state index contributed by atoms with van der Waals surface area (Å²) >= 11 is 0. The number of nitrogens with one attached hydrogen (secondary N) is 1. The van der Waals surface area contributed by atoms with Crippen molar-refractivity contribution in [2.75, 3.05) is 13.1 Å². The molecule has 0 heterocycles. The van der Waals surface area contributed by atoms with Crippen molar-refractivity contribution < 1.29 is 4.79 Å². The Morgan fingerprint density at radius 3 is 2.44 bits per heavy atom. The molecule has 1 N–H and O–H groups in total. The Morgan fingerprint density at radius 1 is 1.50 bits per heavy atom. The Bertz CT molecular complexity index is 266. The first-order chi connectivity index (χ1) is 7.32. The summed E-state index contributed by atoms with van der Waals surface area (Å²) in [7, 11) is 0. The standard InChI is InChI=1S/C12H23N3O/c1-6-12(4,5)14-11(16)9-15(8-7-13)10(2)3/h10H,6,8-9H2,1-5H3,(H,14,16). The Morgan fingerprint density at radius 2 is 2.06 bits per heavy atom. The van der Waals surface area contributed by atoms with Crippen LogP contribution in [0.3, 0.4) is 0 Å². The summed E-state index contributed by atoms with van der Waals surface area (Å²) in [5.74, 6) is -0.0178. The van der Waals surface area contributed by atoms with E-state index in [1.165, 1.54) is 0 Å². The quantitative estimate of drug-likeness (QED) is 0.697. The number of nitriles is 1. The van der Waals surface area contributed by atoms with Gasteiger partial charge in [0, 0.05) is 11.6 Å². The summed E-state index contributed by atoms with van der Waals surface area (Å²) in [6.07, 6.45) is 0.888. The second kappa shape index (κ2) is 6.49. The van der Waals surface area contributed by atoms with Crippen LogP contribution in [0.4, 0.5) is 0 Å². The van der Waals surface area contributed by atoms with Crippen LogP contribution in [0.2, 0.25) is 0 Å². The van der Waals surface area contributed by atoms with E-state index < -0.39 is 0 Å². The maximum absolute atomic E-state index is 11.7. The highest BCUT2D eigenvalue weighted by Crippen LogP contribution is 2.07. The Labute approximate surface area is 98.6 Å². The van der Waals surface area contributed by atoms with Crippen molar-refractivity contribution >= 4 is 5.91 Å². The lowest BCUT2D eigenvalue weighted by Crippen LogP contribution is -2.48. The molecule has 4 heteroatoms. The fraction of sp³-hybridized carbons (Fsp3) is 0.833. The Kier molecular flexibility index (Phi) is 6.05. The first kappa shape index (κ1) is 14.9. The van der Waals surface area contributed by atoms with Gasteiger partial charge in [-0.3, -0.25) is 9.69 Å². The molecule has 0 spiro atoms. The summed E-state index contributed by atoms with van der Waals surface area (Å²) in [5, 5.41) is 11.6. The lowest BCUT2D eigenvalue weighted by Gasteiger charge is -2.28. The molecule has 0 fully saturated rings. The zero-order valence-corrected chi connectivity index (χ0v) is 11.0. The van der Waals surface area contributed by atoms with Gasteiger partial charge >= 0.3 is 0 Å². The molecule has 92 valence electrons. The van der Waals surface area contributed by atoms with Crippen molar-refractivity contribution in [2.24, 2.45) is 0 Å². The van der Waals surface area contributed by atoms with E-state index in [2.05, 4.69) is 11.4 Å². The topological polar surface area (TPSA) is 56.1 Å². The lowest BCUT2D eigenvalue weighted by atomic mass is 10.0. The van der Waals surface area contributed by atoms with Crippen LogP contribution >= 0.6 is 0 Å². The lowest BCUT2D eigenvalue weighted by molar-refractivity contribution is -0.124. The summed E-state index contributed by atoms with van der Waals surface area (Å²) in [5.41, 5.74) is -0.174. The molecular formula is C12H23N3O. The van der Waals surface area contributed by atoms with Gasteiger partial charge in [-0.05, 0) is 34.1 Å². The smallest absolute Gasteiger partial charge is 0.234 e. The van der Waals surface area contributed by atoms with Gasteiger partial charge in [0.1, 0.15) is 0 Å². The van der Waals surface area contributed by atoms with Crippen LogP contribution < -0.4 is 5.32 Å². The Balaban J connectivity index is 4.26. The van der Waals surface area contributed by atoms with Gasteiger partial charge in [-0.25, -0.2) is 0 Å². The molecule has 4 nitrogen and oxygen atoms in total. The summed E-state index contributed by atoms with van der Waals surface area (Å²) < 4.78 is 0. The maximum Gasteiger partial charge on any atom is 0.234 e. The van der Waals surface area contributed by atoms with E-state index >= 15 is 0 Å². The normalized spacial score (nSPS) is 11.6. The fourth-order valence-corrected chi connectivity index (χ4v) is 1.20. The fourth-order valence-electron chi connectivity index (χ4n) is 1.20. The van der Waals surface area contributed by atoms with Crippen molar-refractivity contribution in [1.82, 2.24) is 10.2 Å². The van der Waals surface area contributed by atoms with Crippen LogP contribution in [0.25, 0.3) is 0 Å². The Hall–Kier alpha value is -1.08. The van der Waals surface area contributed by atoms with Gasteiger partial charge in [0.25, 0.3) is 0 Å². The second-order valence-electron chi connectivity index (χ2n) is 4.94. The molecule has 0 rings (SSSR count). The van der Waals surface area contributed by atoms with Crippen LogP contribution in [0.15, 0.2) is 0 Å². The van der Waals surface area contributed by atoms with Gasteiger partial charge in [-0.2, -0.15) is 5.26 Å². The van der Waals surface area contributed by atoms with Gasteiger partial charge in [-0.15, -0.1) is 0 Å². The first-order valence-corrected chi connectivity index (χ1v) is 5.74. The minimum Gasteiger partial charge on any atom is -0.350 e. The molecular weight excluding hydrogens is 202 g/mol. The molecule has 0 aliphatic rings. The predicted molar refractivity (Wildman–Crippen MR) is 64.8 cm³/mol. The van der Waals surface area contributed by atoms with E-state index in [0.717, 1.165) is 6.42 Å². The zero-order valence-electron chi connectivity index (χ0n) is 11.0. The first-order valence-electron chi connectivity index (χ1n) is 5.74. The monoisotopic (exact) mass is 225 g/mol. The summed E-state index contributed by atoms with van der Waals surface area (Å²) in [4.78, 5) is 13.6. The molecule has 16 heavy (non-hydrogen) atoms. The van der Waals surface area contributed by atoms with Gasteiger partial charge in [-0.1, -0.05) is 6.92 Å². The third-order valence-corrected chi connectivity index (χ3v) is 2.71. The molecule has 0 aliphatic carbocycles. The number of rotatable bonds is 6. The van der Waals surface area contributed by atoms with Crippen molar-refractivity contribution in [3.8, 4) is 6.07 Å². The number of nitrogens with zero attached hydrogens (tertiary/aromatic N) is 2. The van der Waals surface area contributed by atoms with Crippen LogP contribution in [0.1, 0.15) is 41.0 Å². The number of amides is 1. The molecule has 0 aromatic heterocycles. The van der Waals surface area contributed by atoms with E-state index in [4.69, 9.17) is 5.26 Å². The number of carbonyl (C=O) groups excluding carboxylic acids is 1. The largest absolute Gasteiger partial charge is 0.350 e. The van der Waals surface area contributed by atoms with Crippen molar-refractivity contribution in [2.45, 2.75) is 52.6 Å². The van der Waals surface area contributed by atoms with E-state index in [1.54, 1.807) is 0 Å². The molecule has 0 bridgehead atoms. The minimum atomic E-state index is -0.174. The van der Waals surface area contributed by atoms with Gasteiger partial charge in [0.05, 0.1) is 19.2 Å². The molecule has 0 saturated heterocycles. The molecule has 0 aromatic carbocycles. The molecule has 0 saturated carbocycles. The van der Waals surface area contributed by atoms with Gasteiger partial charge < -0.3 is 5.32 Å². The zero-order chi connectivity index (χ0) is 12.8. The van der Waals surface area contributed by atoms with Crippen molar-refractivity contribution in [1.29, 1.82) is 5.26 Å². The molecule has 0 radical (unpaired) electrons. The van der Waals surface area contributed by atoms with E-state index in [-0.39, 0.29) is 30.6 Å². The highest BCUT2D eigenvalue weighted by atomic mass is 16.2. The molecule has 0 aromatic rings. The van der Waals surface area contributed by atoms with E-state index in [9.17, 15) is 4.79 Å². The molecule has 1 amide bonds. The molecule has 0 aliphatic heterocycles.